The first-order valence-corrected chi connectivity index (χ1v) is 15.6. The van der Waals surface area contributed by atoms with E-state index < -0.39 is 57.9 Å². The molecule has 2 N–H and O–H groups in total. The third-order valence-corrected chi connectivity index (χ3v) is 9.90. The van der Waals surface area contributed by atoms with E-state index in [1.807, 2.05) is 0 Å². The number of likely N-dealkylation sites (N-methyl/N-ethyl adjacent to an activating group) is 1. The maximum atomic E-state index is 15.4. The summed E-state index contributed by atoms with van der Waals surface area (Å²) < 4.78 is 96.5. The van der Waals surface area contributed by atoms with Gasteiger partial charge in [0, 0.05) is 38.7 Å². The Balaban J connectivity index is 1.49. The number of benzene rings is 2. The molecule has 2 aromatic rings. The van der Waals surface area contributed by atoms with Crippen molar-refractivity contribution in [1.82, 2.24) is 0 Å². The zero-order valence-electron chi connectivity index (χ0n) is 23.6. The van der Waals surface area contributed by atoms with Gasteiger partial charge in [0.2, 0.25) is 21.9 Å². The predicted octanol–water partition coefficient (Wildman–Crippen LogP) is 6.01. The molecule has 0 bridgehead atoms. The predicted molar refractivity (Wildman–Crippen MR) is 153 cm³/mol. The molecule has 2 heterocycles. The largest absolute Gasteiger partial charge is 0.370 e. The molecular weight excluding hydrogens is 595 g/mol. The number of hydrogen-bond donors (Lipinski definition) is 2. The average Bonchev–Trinajstić information content (AvgIpc) is 3.16. The third-order valence-electron chi connectivity index (χ3n) is 8.59. The van der Waals surface area contributed by atoms with Gasteiger partial charge in [-0.05, 0) is 74.1 Å². The van der Waals surface area contributed by atoms with Gasteiger partial charge < -0.3 is 15.1 Å². The second-order valence-corrected chi connectivity index (χ2v) is 13.2. The van der Waals surface area contributed by atoms with Crippen LogP contribution in [0.25, 0.3) is 0 Å². The van der Waals surface area contributed by atoms with Crippen LogP contribution in [0, 0.1) is 5.82 Å². The fourth-order valence-electron chi connectivity index (χ4n) is 6.15. The number of carbonyl (C=O) groups is 2. The van der Waals surface area contributed by atoms with Crippen molar-refractivity contribution >= 4 is 44.6 Å². The lowest BCUT2D eigenvalue weighted by molar-refractivity contribution is -0.127. The first-order valence-electron chi connectivity index (χ1n) is 13.9. The number of anilines is 4. The molecule has 2 aromatic carbocycles. The topological polar surface area (TPSA) is 98.8 Å². The molecule has 5 rings (SSSR count). The van der Waals surface area contributed by atoms with E-state index in [0.29, 0.717) is 0 Å². The van der Waals surface area contributed by atoms with E-state index in [0.717, 1.165) is 11.0 Å². The fraction of sp³-hybridized carbons (Fsp3) is 0.448. The molecule has 1 saturated carbocycles. The molecule has 1 spiro atoms. The first-order chi connectivity index (χ1) is 20.2. The molecule has 43 heavy (non-hydrogen) atoms. The Morgan fingerprint density at radius 2 is 1.65 bits per heavy atom. The van der Waals surface area contributed by atoms with Crippen molar-refractivity contribution in [1.29, 1.82) is 0 Å². The monoisotopic (exact) mass is 626 g/mol. The van der Waals surface area contributed by atoms with Crippen LogP contribution in [0.15, 0.2) is 42.0 Å². The van der Waals surface area contributed by atoms with Gasteiger partial charge in [0.1, 0.15) is 5.82 Å². The van der Waals surface area contributed by atoms with Crippen molar-refractivity contribution in [2.75, 3.05) is 45.7 Å². The average molecular weight is 627 g/mol. The highest BCUT2D eigenvalue weighted by atomic mass is 32.2. The lowest BCUT2D eigenvalue weighted by atomic mass is 9.69. The normalized spacial score (nSPS) is 19.4. The quantitative estimate of drug-likeness (QED) is 0.383. The molecule has 0 unspecified atom stereocenters. The number of carbonyl (C=O) groups excluding carboxylic acids is 2. The number of amides is 2. The molecule has 232 valence electrons. The standard InChI is InChI=1S/C29H31F5N4O4S/c1-3-43(41,42)36-18-4-5-20(23(16-18)38-12-6-17(7-13-38)25(31)32)26(39)35-19-14-21-24(22(30)15-19)37(2)27(40)28(21)8-10-29(33,34)11-9-28/h4-5,14-16,36H,3,6-13H2,1-2H3,(H,35,39). The number of halogens is 5. The minimum absolute atomic E-state index is 0.00568. The maximum absolute atomic E-state index is 15.4. The summed E-state index contributed by atoms with van der Waals surface area (Å²) in [7, 11) is -2.27. The Morgan fingerprint density at radius 3 is 2.26 bits per heavy atom. The summed E-state index contributed by atoms with van der Waals surface area (Å²) in [6.45, 7) is 1.75. The lowest BCUT2D eigenvalue weighted by Crippen LogP contribution is -2.44. The molecule has 0 atom stereocenters. The summed E-state index contributed by atoms with van der Waals surface area (Å²) in [6.07, 6.45) is -3.04. The van der Waals surface area contributed by atoms with E-state index in [2.05, 4.69) is 10.0 Å². The SMILES string of the molecule is CCS(=O)(=O)Nc1ccc(C(=O)Nc2cc(F)c3c(c2)C2(CCC(F)(F)CC2)C(=O)N3C)c(N2CCC(=C(F)F)CC2)c1. The molecule has 2 amide bonds. The zero-order valence-corrected chi connectivity index (χ0v) is 24.4. The summed E-state index contributed by atoms with van der Waals surface area (Å²) in [4.78, 5) is 29.6. The highest BCUT2D eigenvalue weighted by Gasteiger charge is 2.55. The molecule has 8 nitrogen and oxygen atoms in total. The Kier molecular flexibility index (Phi) is 7.95. The molecule has 14 heteroatoms. The van der Waals surface area contributed by atoms with Gasteiger partial charge in [-0.1, -0.05) is 0 Å². The van der Waals surface area contributed by atoms with Crippen molar-refractivity contribution < 1.29 is 40.0 Å². The number of alkyl halides is 2. The summed E-state index contributed by atoms with van der Waals surface area (Å²) in [5.74, 6) is -5.09. The molecule has 3 aliphatic rings. The third kappa shape index (κ3) is 5.80. The fourth-order valence-corrected chi connectivity index (χ4v) is 6.78. The number of sulfonamides is 1. The van der Waals surface area contributed by atoms with E-state index >= 15 is 4.39 Å². The van der Waals surface area contributed by atoms with E-state index in [1.165, 1.54) is 38.2 Å². The number of nitrogens with zero attached hydrogens (tertiary/aromatic N) is 2. The zero-order chi connectivity index (χ0) is 31.3. The maximum Gasteiger partial charge on any atom is 0.269 e. The van der Waals surface area contributed by atoms with Gasteiger partial charge in [0.15, 0.2) is 0 Å². The molecule has 1 saturated heterocycles. The van der Waals surface area contributed by atoms with E-state index in [4.69, 9.17) is 0 Å². The van der Waals surface area contributed by atoms with Crippen LogP contribution >= 0.6 is 0 Å². The Labute approximate surface area is 246 Å². The first kappa shape index (κ1) is 30.8. The number of nitrogens with one attached hydrogen (secondary N) is 2. The molecular formula is C29H31F5N4O4S. The Bertz CT molecular complexity index is 1600. The van der Waals surface area contributed by atoms with Crippen molar-refractivity contribution in [3.8, 4) is 0 Å². The summed E-state index contributed by atoms with van der Waals surface area (Å²) in [5, 5.41) is 2.63. The van der Waals surface area contributed by atoms with Crippen molar-refractivity contribution in [2.24, 2.45) is 0 Å². The number of hydrogen-bond acceptors (Lipinski definition) is 5. The second kappa shape index (κ2) is 11.1. The van der Waals surface area contributed by atoms with Crippen molar-refractivity contribution in [3.63, 3.8) is 0 Å². The van der Waals surface area contributed by atoms with Crippen LogP contribution in [-0.2, 0) is 20.2 Å². The highest BCUT2D eigenvalue weighted by molar-refractivity contribution is 7.92. The summed E-state index contributed by atoms with van der Waals surface area (Å²) >= 11 is 0. The van der Waals surface area contributed by atoms with Crippen LogP contribution in [0.2, 0.25) is 0 Å². The summed E-state index contributed by atoms with van der Waals surface area (Å²) in [6, 6.07) is 6.69. The van der Waals surface area contributed by atoms with Crippen LogP contribution in [0.3, 0.4) is 0 Å². The molecule has 1 aliphatic carbocycles. The van der Waals surface area contributed by atoms with Gasteiger partial charge in [0.25, 0.3) is 12.0 Å². The lowest BCUT2D eigenvalue weighted by Gasteiger charge is -2.36. The number of fused-ring (bicyclic) bond motifs is 2. The Morgan fingerprint density at radius 1 is 1.00 bits per heavy atom. The van der Waals surface area contributed by atoms with Crippen LogP contribution in [0.1, 0.15) is 61.4 Å². The summed E-state index contributed by atoms with van der Waals surface area (Å²) in [5.41, 5.74) is -0.561. The minimum Gasteiger partial charge on any atom is -0.370 e. The Hall–Kier alpha value is -3.68. The van der Waals surface area contributed by atoms with E-state index in [9.17, 15) is 35.6 Å². The van der Waals surface area contributed by atoms with E-state index in [-0.39, 0.29) is 84.0 Å². The number of rotatable bonds is 6. The van der Waals surface area contributed by atoms with Gasteiger partial charge in [0.05, 0.1) is 33.8 Å². The minimum atomic E-state index is -3.66. The van der Waals surface area contributed by atoms with Crippen LogP contribution in [0.5, 0.6) is 0 Å². The van der Waals surface area contributed by atoms with Crippen LogP contribution < -0.4 is 19.8 Å². The van der Waals surface area contributed by atoms with Crippen LogP contribution in [0.4, 0.5) is 44.7 Å². The smallest absolute Gasteiger partial charge is 0.269 e. The molecule has 0 radical (unpaired) electrons. The van der Waals surface area contributed by atoms with Gasteiger partial charge in [-0.2, -0.15) is 8.78 Å². The molecule has 0 aromatic heterocycles. The second-order valence-electron chi connectivity index (χ2n) is 11.2. The van der Waals surface area contributed by atoms with E-state index in [1.54, 1.807) is 4.90 Å². The molecule has 2 aliphatic heterocycles. The van der Waals surface area contributed by atoms with Gasteiger partial charge >= 0.3 is 0 Å². The van der Waals surface area contributed by atoms with Gasteiger partial charge in [-0.3, -0.25) is 14.3 Å². The number of piperidine rings is 1. The molecule has 2 fully saturated rings. The van der Waals surface area contributed by atoms with Gasteiger partial charge in [-0.15, -0.1) is 0 Å². The van der Waals surface area contributed by atoms with Crippen molar-refractivity contribution in [3.05, 3.63) is 58.9 Å². The van der Waals surface area contributed by atoms with Crippen molar-refractivity contribution in [2.45, 2.75) is 56.8 Å². The van der Waals surface area contributed by atoms with Crippen LogP contribution in [-0.4, -0.2) is 52.0 Å². The highest BCUT2D eigenvalue weighted by Crippen LogP contribution is 2.54. The van der Waals surface area contributed by atoms with Gasteiger partial charge in [-0.25, -0.2) is 21.6 Å².